The van der Waals surface area contributed by atoms with Crippen LogP contribution in [0.3, 0.4) is 0 Å². The van der Waals surface area contributed by atoms with Gasteiger partial charge < -0.3 is 10.6 Å². The molecule has 1 fully saturated rings. The average molecular weight is 381 g/mol. The molecule has 132 valence electrons. The number of carbonyl (C=O) groups excluding carboxylic acids is 1. The van der Waals surface area contributed by atoms with E-state index in [1.807, 2.05) is 0 Å². The van der Waals surface area contributed by atoms with Crippen molar-refractivity contribution >= 4 is 39.0 Å². The highest BCUT2D eigenvalue weighted by molar-refractivity contribution is 7.91. The van der Waals surface area contributed by atoms with E-state index in [4.69, 9.17) is 11.6 Å². The summed E-state index contributed by atoms with van der Waals surface area (Å²) in [6.45, 7) is 1.75. The van der Waals surface area contributed by atoms with E-state index in [2.05, 4.69) is 20.6 Å². The average Bonchev–Trinajstić information content (AvgIpc) is 2.85. The summed E-state index contributed by atoms with van der Waals surface area (Å²) in [4.78, 5) is 20.8. The van der Waals surface area contributed by atoms with Crippen molar-refractivity contribution in [3.8, 4) is 0 Å². The zero-order valence-corrected chi connectivity index (χ0v) is 15.1. The van der Waals surface area contributed by atoms with Crippen LogP contribution in [0.4, 0.5) is 11.6 Å². The number of halogens is 1. The Morgan fingerprint density at radius 3 is 2.76 bits per heavy atom. The summed E-state index contributed by atoms with van der Waals surface area (Å²) in [6, 6.07) is 8.24. The molecule has 7 nitrogen and oxygen atoms in total. The number of nitrogens with one attached hydrogen (secondary N) is 2. The zero-order chi connectivity index (χ0) is 18.0. The van der Waals surface area contributed by atoms with Gasteiger partial charge in [-0.3, -0.25) is 4.79 Å². The number of rotatable bonds is 4. The Kier molecular flexibility index (Phi) is 4.91. The van der Waals surface area contributed by atoms with Crippen LogP contribution in [-0.4, -0.2) is 41.8 Å². The Morgan fingerprint density at radius 1 is 1.28 bits per heavy atom. The second-order valence-corrected chi connectivity index (χ2v) is 8.59. The fraction of sp³-hybridized carbons (Fsp3) is 0.312. The molecular formula is C16H17ClN4O3S. The van der Waals surface area contributed by atoms with E-state index < -0.39 is 15.7 Å². The lowest BCUT2D eigenvalue weighted by atomic mass is 10.2. The van der Waals surface area contributed by atoms with Crippen molar-refractivity contribution in [3.63, 3.8) is 0 Å². The summed E-state index contributed by atoms with van der Waals surface area (Å²) in [5, 5.41) is 6.29. The van der Waals surface area contributed by atoms with Gasteiger partial charge in [0.15, 0.2) is 9.84 Å². The molecule has 1 saturated heterocycles. The second-order valence-electron chi connectivity index (χ2n) is 5.93. The van der Waals surface area contributed by atoms with E-state index in [0.29, 0.717) is 22.8 Å². The van der Waals surface area contributed by atoms with Crippen molar-refractivity contribution in [2.45, 2.75) is 19.4 Å². The number of amides is 1. The first kappa shape index (κ1) is 17.6. The molecule has 1 aliphatic rings. The van der Waals surface area contributed by atoms with Crippen LogP contribution in [0.25, 0.3) is 0 Å². The number of hydrogen-bond acceptors (Lipinski definition) is 6. The molecule has 25 heavy (non-hydrogen) atoms. The van der Waals surface area contributed by atoms with Gasteiger partial charge >= 0.3 is 0 Å². The van der Waals surface area contributed by atoms with Crippen LogP contribution in [-0.2, 0) is 9.84 Å². The number of aryl methyl sites for hydroxylation is 1. The van der Waals surface area contributed by atoms with E-state index in [9.17, 15) is 13.2 Å². The summed E-state index contributed by atoms with van der Waals surface area (Å²) < 4.78 is 23.0. The summed E-state index contributed by atoms with van der Waals surface area (Å²) in [7, 11) is -3.06. The molecule has 1 unspecified atom stereocenters. The molecule has 1 aromatic carbocycles. The monoisotopic (exact) mass is 380 g/mol. The Morgan fingerprint density at radius 2 is 2.08 bits per heavy atom. The highest BCUT2D eigenvalue weighted by Gasteiger charge is 2.29. The van der Waals surface area contributed by atoms with Crippen molar-refractivity contribution in [3.05, 3.63) is 46.7 Å². The van der Waals surface area contributed by atoms with Crippen LogP contribution in [0.15, 0.2) is 30.3 Å². The topological polar surface area (TPSA) is 101 Å². The van der Waals surface area contributed by atoms with Crippen LogP contribution < -0.4 is 10.6 Å². The predicted molar refractivity (Wildman–Crippen MR) is 96.0 cm³/mol. The maximum absolute atomic E-state index is 12.4. The third kappa shape index (κ3) is 4.67. The number of nitrogens with zero attached hydrogens (tertiary/aromatic N) is 2. The first-order valence-corrected chi connectivity index (χ1v) is 9.90. The summed E-state index contributed by atoms with van der Waals surface area (Å²) in [5.41, 5.74) is 1.50. The molecule has 0 saturated carbocycles. The van der Waals surface area contributed by atoms with Crippen molar-refractivity contribution < 1.29 is 13.2 Å². The number of benzene rings is 1. The van der Waals surface area contributed by atoms with Crippen LogP contribution in [0, 0.1) is 6.92 Å². The predicted octanol–water partition coefficient (Wildman–Crippen LogP) is 2.10. The number of carbonyl (C=O) groups is 1. The van der Waals surface area contributed by atoms with Crippen LogP contribution >= 0.6 is 11.6 Å². The first-order chi connectivity index (χ1) is 11.8. The molecule has 2 heterocycles. The Balaban J connectivity index is 1.76. The fourth-order valence-electron chi connectivity index (χ4n) is 2.60. The highest BCUT2D eigenvalue weighted by atomic mass is 35.5. The standard InChI is InChI=1S/C16H17ClN4O3S/c1-10-7-14(15(22)19-13-5-6-25(23,24)9-13)21-16(18-10)20-12-4-2-3-11(17)8-12/h2-4,7-8,13H,5-6,9H2,1H3,(H,19,22)(H,18,20,21). The van der Waals surface area contributed by atoms with Gasteiger partial charge in [0.25, 0.3) is 5.91 Å². The van der Waals surface area contributed by atoms with Gasteiger partial charge in [0.1, 0.15) is 5.69 Å². The summed E-state index contributed by atoms with van der Waals surface area (Å²) >= 11 is 5.95. The van der Waals surface area contributed by atoms with E-state index >= 15 is 0 Å². The molecular weight excluding hydrogens is 364 g/mol. The maximum atomic E-state index is 12.4. The number of aromatic nitrogens is 2. The molecule has 1 amide bonds. The van der Waals surface area contributed by atoms with Gasteiger partial charge in [-0.05, 0) is 37.6 Å². The quantitative estimate of drug-likeness (QED) is 0.842. The van der Waals surface area contributed by atoms with Gasteiger partial charge in [-0.25, -0.2) is 18.4 Å². The van der Waals surface area contributed by atoms with E-state index in [0.717, 1.165) is 0 Å². The van der Waals surface area contributed by atoms with Crippen LogP contribution in [0.5, 0.6) is 0 Å². The number of anilines is 2. The molecule has 3 rings (SSSR count). The lowest BCUT2D eigenvalue weighted by Gasteiger charge is -2.12. The molecule has 2 N–H and O–H groups in total. The largest absolute Gasteiger partial charge is 0.347 e. The SMILES string of the molecule is Cc1cc(C(=O)NC2CCS(=O)(=O)C2)nc(Nc2cccc(Cl)c2)n1. The Hall–Kier alpha value is -2.19. The lowest BCUT2D eigenvalue weighted by molar-refractivity contribution is 0.0936. The normalized spacial score (nSPS) is 18.7. The van der Waals surface area contributed by atoms with Crippen molar-refractivity contribution in [2.75, 3.05) is 16.8 Å². The molecule has 9 heteroatoms. The smallest absolute Gasteiger partial charge is 0.270 e. The third-order valence-electron chi connectivity index (χ3n) is 3.74. The van der Waals surface area contributed by atoms with Crippen molar-refractivity contribution in [1.82, 2.24) is 15.3 Å². The molecule has 1 aliphatic heterocycles. The Labute approximate surface area is 150 Å². The van der Waals surface area contributed by atoms with E-state index in [1.54, 1.807) is 37.3 Å². The minimum absolute atomic E-state index is 0.0313. The minimum Gasteiger partial charge on any atom is -0.347 e. The molecule has 0 bridgehead atoms. The number of sulfone groups is 1. The van der Waals surface area contributed by atoms with E-state index in [-0.39, 0.29) is 29.2 Å². The van der Waals surface area contributed by atoms with Crippen molar-refractivity contribution in [2.24, 2.45) is 0 Å². The van der Waals surface area contributed by atoms with Gasteiger partial charge in [-0.15, -0.1) is 0 Å². The fourth-order valence-corrected chi connectivity index (χ4v) is 4.47. The molecule has 0 radical (unpaired) electrons. The Bertz CT molecular complexity index is 917. The van der Waals surface area contributed by atoms with Gasteiger partial charge in [-0.2, -0.15) is 0 Å². The maximum Gasteiger partial charge on any atom is 0.270 e. The summed E-state index contributed by atoms with van der Waals surface area (Å²) in [5.74, 6) is -0.0770. The van der Waals surface area contributed by atoms with Gasteiger partial charge in [-0.1, -0.05) is 17.7 Å². The summed E-state index contributed by atoms with van der Waals surface area (Å²) in [6.07, 6.45) is 0.422. The van der Waals surface area contributed by atoms with Crippen molar-refractivity contribution in [1.29, 1.82) is 0 Å². The molecule has 1 aromatic heterocycles. The lowest BCUT2D eigenvalue weighted by Crippen LogP contribution is -2.36. The van der Waals surface area contributed by atoms with Crippen LogP contribution in [0.2, 0.25) is 5.02 Å². The zero-order valence-electron chi connectivity index (χ0n) is 13.5. The van der Waals surface area contributed by atoms with Gasteiger partial charge in [0, 0.05) is 22.4 Å². The molecule has 2 aromatic rings. The molecule has 0 spiro atoms. The molecule has 0 aliphatic carbocycles. The number of hydrogen-bond donors (Lipinski definition) is 2. The van der Waals surface area contributed by atoms with E-state index in [1.165, 1.54) is 0 Å². The molecule has 1 atom stereocenters. The first-order valence-electron chi connectivity index (χ1n) is 7.70. The van der Waals surface area contributed by atoms with Crippen LogP contribution in [0.1, 0.15) is 22.6 Å². The second kappa shape index (κ2) is 6.97. The third-order valence-corrected chi connectivity index (χ3v) is 5.74. The van der Waals surface area contributed by atoms with Gasteiger partial charge in [0.05, 0.1) is 11.5 Å². The highest BCUT2D eigenvalue weighted by Crippen LogP contribution is 2.19. The minimum atomic E-state index is -3.06. The van der Waals surface area contributed by atoms with Gasteiger partial charge in [0.2, 0.25) is 5.95 Å².